The van der Waals surface area contributed by atoms with E-state index in [9.17, 15) is 4.79 Å². The molecule has 7 heteroatoms. The summed E-state index contributed by atoms with van der Waals surface area (Å²) in [5.74, 6) is 0.316. The van der Waals surface area contributed by atoms with Crippen LogP contribution in [-0.2, 0) is 17.7 Å². The van der Waals surface area contributed by atoms with Gasteiger partial charge in [-0.3, -0.25) is 0 Å². The zero-order valence-corrected chi connectivity index (χ0v) is 13.5. The topological polar surface area (TPSA) is 66.2 Å². The van der Waals surface area contributed by atoms with Gasteiger partial charge in [0.25, 0.3) is 0 Å². The summed E-state index contributed by atoms with van der Waals surface area (Å²) in [5.41, 5.74) is 1.02. The van der Waals surface area contributed by atoms with Crippen LogP contribution in [0.3, 0.4) is 0 Å². The smallest absolute Gasteiger partial charge is 0.360 e. The molecule has 0 N–H and O–H groups in total. The Labute approximate surface area is 131 Å². The quantitative estimate of drug-likeness (QED) is 0.746. The summed E-state index contributed by atoms with van der Waals surface area (Å²) in [4.78, 5) is 11.6. The highest BCUT2D eigenvalue weighted by Crippen LogP contribution is 2.16. The minimum atomic E-state index is -0.466. The zero-order valence-electron chi connectivity index (χ0n) is 11.9. The first-order chi connectivity index (χ1) is 10.2. The SMILES string of the molecule is CCc1c(C(=O)OC)nnn1CCOc1ccc(Br)cc1. The second-order valence-corrected chi connectivity index (χ2v) is 5.17. The average molecular weight is 354 g/mol. The number of rotatable bonds is 6. The Morgan fingerprint density at radius 3 is 2.67 bits per heavy atom. The Hall–Kier alpha value is -1.89. The third kappa shape index (κ3) is 3.81. The summed E-state index contributed by atoms with van der Waals surface area (Å²) in [6.45, 7) is 2.90. The number of aromatic nitrogens is 3. The molecule has 6 nitrogen and oxygen atoms in total. The number of nitrogens with zero attached hydrogens (tertiary/aromatic N) is 3. The molecular formula is C14H16BrN3O3. The monoisotopic (exact) mass is 353 g/mol. The average Bonchev–Trinajstić information content (AvgIpc) is 2.91. The second kappa shape index (κ2) is 7.21. The molecule has 0 radical (unpaired) electrons. The van der Waals surface area contributed by atoms with Gasteiger partial charge in [-0.25, -0.2) is 9.48 Å². The van der Waals surface area contributed by atoms with Gasteiger partial charge in [-0.2, -0.15) is 0 Å². The van der Waals surface area contributed by atoms with E-state index in [4.69, 9.17) is 4.74 Å². The summed E-state index contributed by atoms with van der Waals surface area (Å²) in [6.07, 6.45) is 0.649. The Kier molecular flexibility index (Phi) is 5.32. The van der Waals surface area contributed by atoms with Crippen molar-refractivity contribution in [2.45, 2.75) is 19.9 Å². The van der Waals surface area contributed by atoms with Crippen molar-refractivity contribution in [3.05, 3.63) is 40.1 Å². The maximum atomic E-state index is 11.6. The molecule has 1 aromatic heterocycles. The van der Waals surface area contributed by atoms with E-state index in [-0.39, 0.29) is 5.69 Å². The van der Waals surface area contributed by atoms with E-state index in [0.29, 0.717) is 19.6 Å². The third-order valence-electron chi connectivity index (χ3n) is 2.94. The highest BCUT2D eigenvalue weighted by Gasteiger charge is 2.18. The maximum Gasteiger partial charge on any atom is 0.360 e. The number of benzene rings is 1. The van der Waals surface area contributed by atoms with E-state index in [1.165, 1.54) is 7.11 Å². The third-order valence-corrected chi connectivity index (χ3v) is 3.47. The molecule has 0 amide bonds. The molecule has 21 heavy (non-hydrogen) atoms. The summed E-state index contributed by atoms with van der Waals surface area (Å²) in [7, 11) is 1.33. The highest BCUT2D eigenvalue weighted by molar-refractivity contribution is 9.10. The Balaban J connectivity index is 1.98. The predicted molar refractivity (Wildman–Crippen MR) is 80.4 cm³/mol. The Bertz CT molecular complexity index is 610. The number of carbonyl (C=O) groups excluding carboxylic acids is 1. The van der Waals surface area contributed by atoms with Gasteiger partial charge in [-0.15, -0.1) is 5.10 Å². The van der Waals surface area contributed by atoms with Crippen LogP contribution in [0.1, 0.15) is 23.1 Å². The molecule has 0 aliphatic heterocycles. The fourth-order valence-corrected chi connectivity index (χ4v) is 2.16. The second-order valence-electron chi connectivity index (χ2n) is 4.26. The van der Waals surface area contributed by atoms with Crippen molar-refractivity contribution in [3.63, 3.8) is 0 Å². The van der Waals surface area contributed by atoms with Gasteiger partial charge in [0.05, 0.1) is 19.3 Å². The maximum absolute atomic E-state index is 11.6. The van der Waals surface area contributed by atoms with Gasteiger partial charge in [-0.05, 0) is 30.7 Å². The molecule has 2 aromatic rings. The van der Waals surface area contributed by atoms with Crippen molar-refractivity contribution in [2.75, 3.05) is 13.7 Å². The molecule has 0 aliphatic rings. The highest BCUT2D eigenvalue weighted by atomic mass is 79.9. The molecule has 112 valence electrons. The molecule has 0 aliphatic carbocycles. The molecule has 0 spiro atoms. The molecule has 0 fully saturated rings. The van der Waals surface area contributed by atoms with Crippen LogP contribution in [0.15, 0.2) is 28.7 Å². The minimum absolute atomic E-state index is 0.267. The summed E-state index contributed by atoms with van der Waals surface area (Å²) >= 11 is 3.37. The lowest BCUT2D eigenvalue weighted by atomic mass is 10.2. The zero-order chi connectivity index (χ0) is 15.2. The van der Waals surface area contributed by atoms with Crippen LogP contribution < -0.4 is 4.74 Å². The van der Waals surface area contributed by atoms with Crippen molar-refractivity contribution in [1.82, 2.24) is 15.0 Å². The van der Waals surface area contributed by atoms with Crippen molar-refractivity contribution in [3.8, 4) is 5.75 Å². The van der Waals surface area contributed by atoms with Crippen molar-refractivity contribution >= 4 is 21.9 Å². The number of hydrogen-bond acceptors (Lipinski definition) is 5. The molecule has 0 saturated carbocycles. The lowest BCUT2D eigenvalue weighted by Crippen LogP contribution is -2.13. The first kappa shape index (κ1) is 15.5. The van der Waals surface area contributed by atoms with Crippen LogP contribution in [0, 0.1) is 0 Å². The lowest BCUT2D eigenvalue weighted by molar-refractivity contribution is 0.0592. The van der Waals surface area contributed by atoms with Gasteiger partial charge >= 0.3 is 5.97 Å². The number of ether oxygens (including phenoxy) is 2. The van der Waals surface area contributed by atoms with Gasteiger partial charge in [-0.1, -0.05) is 28.1 Å². The van der Waals surface area contributed by atoms with Crippen LogP contribution in [0.2, 0.25) is 0 Å². The van der Waals surface area contributed by atoms with Crippen LogP contribution in [-0.4, -0.2) is 34.7 Å². The molecule has 0 bridgehead atoms. The molecule has 0 unspecified atom stereocenters. The van der Waals surface area contributed by atoms with E-state index in [1.807, 2.05) is 31.2 Å². The fraction of sp³-hybridized carbons (Fsp3) is 0.357. The molecule has 2 rings (SSSR count). The van der Waals surface area contributed by atoms with Crippen molar-refractivity contribution in [2.24, 2.45) is 0 Å². The number of hydrogen-bond donors (Lipinski definition) is 0. The van der Waals surface area contributed by atoms with Crippen LogP contribution >= 0.6 is 15.9 Å². The Morgan fingerprint density at radius 1 is 1.33 bits per heavy atom. The van der Waals surface area contributed by atoms with E-state index in [1.54, 1.807) is 4.68 Å². The number of carbonyl (C=O) groups is 1. The van der Waals surface area contributed by atoms with E-state index in [2.05, 4.69) is 31.0 Å². The molecule has 0 saturated heterocycles. The summed E-state index contributed by atoms with van der Waals surface area (Å²) < 4.78 is 13.0. The summed E-state index contributed by atoms with van der Waals surface area (Å²) in [5, 5.41) is 7.85. The van der Waals surface area contributed by atoms with Gasteiger partial charge in [0, 0.05) is 4.47 Å². The van der Waals surface area contributed by atoms with E-state index in [0.717, 1.165) is 15.9 Å². The van der Waals surface area contributed by atoms with Gasteiger partial charge in [0.15, 0.2) is 5.69 Å². The molecule has 0 atom stereocenters. The molecule has 1 heterocycles. The number of halogens is 1. The first-order valence-corrected chi connectivity index (χ1v) is 7.34. The number of esters is 1. The van der Waals surface area contributed by atoms with Crippen LogP contribution in [0.5, 0.6) is 5.75 Å². The lowest BCUT2D eigenvalue weighted by Gasteiger charge is -2.08. The fourth-order valence-electron chi connectivity index (χ4n) is 1.90. The van der Waals surface area contributed by atoms with Crippen LogP contribution in [0.4, 0.5) is 0 Å². The normalized spacial score (nSPS) is 10.4. The van der Waals surface area contributed by atoms with E-state index >= 15 is 0 Å². The van der Waals surface area contributed by atoms with Crippen LogP contribution in [0.25, 0.3) is 0 Å². The van der Waals surface area contributed by atoms with Gasteiger partial charge in [0.1, 0.15) is 12.4 Å². The van der Waals surface area contributed by atoms with Crippen molar-refractivity contribution < 1.29 is 14.3 Å². The molecule has 1 aromatic carbocycles. The minimum Gasteiger partial charge on any atom is -0.492 e. The Morgan fingerprint density at radius 2 is 2.05 bits per heavy atom. The summed E-state index contributed by atoms with van der Waals surface area (Å²) in [6, 6.07) is 7.59. The molecular weight excluding hydrogens is 338 g/mol. The van der Waals surface area contributed by atoms with Crippen molar-refractivity contribution in [1.29, 1.82) is 0 Å². The van der Waals surface area contributed by atoms with Gasteiger partial charge in [0.2, 0.25) is 0 Å². The predicted octanol–water partition coefficient (Wildman–Crippen LogP) is 2.47. The number of methoxy groups -OCH3 is 1. The van der Waals surface area contributed by atoms with E-state index < -0.39 is 5.97 Å². The first-order valence-electron chi connectivity index (χ1n) is 6.54. The largest absolute Gasteiger partial charge is 0.492 e. The van der Waals surface area contributed by atoms with Gasteiger partial charge < -0.3 is 9.47 Å². The standard InChI is InChI=1S/C14H16BrN3O3/c1-3-12-13(14(19)20-2)16-17-18(12)8-9-21-11-6-4-10(15)5-7-11/h4-7H,3,8-9H2,1-2H3.